The number of rotatable bonds is 9. The Kier molecular flexibility index (Phi) is 10.9. The number of benzene rings is 1. The molecule has 0 saturated heterocycles. The zero-order chi connectivity index (χ0) is 19.6. The molecule has 0 spiro atoms. The average Bonchev–Trinajstić information content (AvgIpc) is 3.05. The summed E-state index contributed by atoms with van der Waals surface area (Å²) in [6.07, 6.45) is 5.88. The van der Waals surface area contributed by atoms with E-state index in [2.05, 4.69) is 14.9 Å². The Morgan fingerprint density at radius 2 is 2.14 bits per heavy atom. The van der Waals surface area contributed by atoms with Crippen molar-refractivity contribution < 1.29 is 9.13 Å². The molecule has 6 nitrogen and oxygen atoms in total. The predicted molar refractivity (Wildman–Crippen MR) is 122 cm³/mol. The fraction of sp³-hybridized carbons (Fsp3) is 0.500. The first kappa shape index (κ1) is 24.2. The van der Waals surface area contributed by atoms with Gasteiger partial charge in [-0.25, -0.2) is 9.37 Å². The summed E-state index contributed by atoms with van der Waals surface area (Å²) in [5, 5.41) is 3.30. The maximum absolute atomic E-state index is 13.9. The molecule has 0 amide bonds. The molecule has 8 heteroatoms. The van der Waals surface area contributed by atoms with E-state index >= 15 is 0 Å². The van der Waals surface area contributed by atoms with Gasteiger partial charge in [0.2, 0.25) is 0 Å². The lowest BCUT2D eigenvalue weighted by molar-refractivity contribution is 0.385. The van der Waals surface area contributed by atoms with Gasteiger partial charge < -0.3 is 19.5 Å². The first-order chi connectivity index (χ1) is 13.0. The predicted octanol–water partition coefficient (Wildman–Crippen LogP) is 3.83. The van der Waals surface area contributed by atoms with E-state index in [1.165, 1.54) is 13.2 Å². The molecule has 0 saturated carbocycles. The number of imidazole rings is 1. The number of ether oxygens (including phenoxy) is 1. The summed E-state index contributed by atoms with van der Waals surface area (Å²) in [7, 11) is 3.42. The second kappa shape index (κ2) is 12.6. The summed E-state index contributed by atoms with van der Waals surface area (Å²) in [6, 6.07) is 5.03. The Balaban J connectivity index is 0.00000392. The lowest BCUT2D eigenvalue weighted by atomic mass is 10.2. The zero-order valence-corrected chi connectivity index (χ0v) is 19.4. The van der Waals surface area contributed by atoms with Crippen LogP contribution in [0.2, 0.25) is 0 Å². The minimum absolute atomic E-state index is 0. The van der Waals surface area contributed by atoms with E-state index in [9.17, 15) is 4.39 Å². The van der Waals surface area contributed by atoms with Crippen LogP contribution in [-0.4, -0.2) is 47.7 Å². The summed E-state index contributed by atoms with van der Waals surface area (Å²) in [5.74, 6) is 1.78. The van der Waals surface area contributed by atoms with Gasteiger partial charge in [0.15, 0.2) is 17.5 Å². The highest BCUT2D eigenvalue weighted by Crippen LogP contribution is 2.18. The van der Waals surface area contributed by atoms with Crippen molar-refractivity contribution in [2.24, 2.45) is 4.99 Å². The smallest absolute Gasteiger partial charge is 0.193 e. The largest absolute Gasteiger partial charge is 0.494 e. The van der Waals surface area contributed by atoms with E-state index in [0.717, 1.165) is 49.8 Å². The van der Waals surface area contributed by atoms with Crippen molar-refractivity contribution in [3.63, 3.8) is 0 Å². The molecule has 0 aliphatic carbocycles. The SMILES string of the molecule is CCNC(=NCCCCn1ccnc1C)N(C)Cc1ccc(OC)c(F)c1.I. The number of methoxy groups -OCH3 is 1. The van der Waals surface area contributed by atoms with Gasteiger partial charge in [0.1, 0.15) is 5.82 Å². The Hall–Kier alpha value is -1.84. The van der Waals surface area contributed by atoms with Crippen LogP contribution in [0.3, 0.4) is 0 Å². The van der Waals surface area contributed by atoms with Crippen LogP contribution in [0.15, 0.2) is 35.6 Å². The standard InChI is InChI=1S/C20H30FN5O.HI/c1-5-22-20(24-10-6-7-12-26-13-11-23-16(26)2)25(3)15-17-8-9-19(27-4)18(21)14-17;/h8-9,11,13-14H,5-7,10,12,15H2,1-4H3,(H,22,24);1H. The van der Waals surface area contributed by atoms with Crippen LogP contribution in [0, 0.1) is 12.7 Å². The van der Waals surface area contributed by atoms with E-state index in [-0.39, 0.29) is 35.5 Å². The van der Waals surface area contributed by atoms with Gasteiger partial charge in [-0.3, -0.25) is 4.99 Å². The molecule has 1 heterocycles. The molecule has 1 aromatic heterocycles. The summed E-state index contributed by atoms with van der Waals surface area (Å²) in [6.45, 7) is 7.11. The molecule has 0 aliphatic rings. The number of halogens is 2. The first-order valence-electron chi connectivity index (χ1n) is 9.34. The molecule has 2 aromatic rings. The van der Waals surface area contributed by atoms with Crippen LogP contribution in [0.5, 0.6) is 5.75 Å². The second-order valence-corrected chi connectivity index (χ2v) is 6.44. The number of aryl methyl sites for hydroxylation is 2. The Bertz CT molecular complexity index is 750. The van der Waals surface area contributed by atoms with Gasteiger partial charge in [0.05, 0.1) is 7.11 Å². The van der Waals surface area contributed by atoms with Gasteiger partial charge in [-0.1, -0.05) is 6.07 Å². The van der Waals surface area contributed by atoms with E-state index < -0.39 is 0 Å². The van der Waals surface area contributed by atoms with Gasteiger partial charge in [-0.15, -0.1) is 24.0 Å². The van der Waals surface area contributed by atoms with Crippen molar-refractivity contribution in [1.82, 2.24) is 19.8 Å². The number of nitrogens with one attached hydrogen (secondary N) is 1. The molecule has 0 radical (unpaired) electrons. The van der Waals surface area contributed by atoms with Gasteiger partial charge >= 0.3 is 0 Å². The third-order valence-electron chi connectivity index (χ3n) is 4.32. The maximum Gasteiger partial charge on any atom is 0.193 e. The maximum atomic E-state index is 13.9. The monoisotopic (exact) mass is 503 g/mol. The van der Waals surface area contributed by atoms with Gasteiger partial charge in [-0.05, 0) is 44.4 Å². The Labute approximate surface area is 184 Å². The second-order valence-electron chi connectivity index (χ2n) is 6.44. The third-order valence-corrected chi connectivity index (χ3v) is 4.32. The van der Waals surface area contributed by atoms with Crippen LogP contribution in [-0.2, 0) is 13.1 Å². The van der Waals surface area contributed by atoms with Crippen molar-refractivity contribution in [3.05, 3.63) is 47.8 Å². The van der Waals surface area contributed by atoms with Gasteiger partial charge in [-0.2, -0.15) is 0 Å². The highest BCUT2D eigenvalue weighted by Gasteiger charge is 2.09. The number of hydrogen-bond donors (Lipinski definition) is 1. The van der Waals surface area contributed by atoms with E-state index in [1.54, 1.807) is 6.07 Å². The molecule has 28 heavy (non-hydrogen) atoms. The van der Waals surface area contributed by atoms with Crippen molar-refractivity contribution >= 4 is 29.9 Å². The number of nitrogens with zero attached hydrogens (tertiary/aromatic N) is 4. The van der Waals surface area contributed by atoms with Crippen LogP contribution in [0.25, 0.3) is 0 Å². The van der Waals surface area contributed by atoms with Crippen molar-refractivity contribution in [1.29, 1.82) is 0 Å². The number of hydrogen-bond acceptors (Lipinski definition) is 3. The highest BCUT2D eigenvalue weighted by molar-refractivity contribution is 14.0. The molecular formula is C20H31FIN5O. The molecule has 156 valence electrons. The first-order valence-corrected chi connectivity index (χ1v) is 9.34. The molecule has 1 aromatic carbocycles. The van der Waals surface area contributed by atoms with Crippen LogP contribution >= 0.6 is 24.0 Å². The topological polar surface area (TPSA) is 54.7 Å². The Morgan fingerprint density at radius 3 is 2.75 bits per heavy atom. The fourth-order valence-corrected chi connectivity index (χ4v) is 2.85. The van der Waals surface area contributed by atoms with Crippen molar-refractivity contribution in [2.45, 2.75) is 39.8 Å². The number of aromatic nitrogens is 2. The number of aliphatic imine (C=N–C) groups is 1. The molecule has 0 unspecified atom stereocenters. The van der Waals surface area contributed by atoms with Crippen molar-refractivity contribution in [3.8, 4) is 5.75 Å². The van der Waals surface area contributed by atoms with E-state index in [1.807, 2.05) is 44.3 Å². The molecule has 1 N–H and O–H groups in total. The quantitative estimate of drug-likeness (QED) is 0.245. The van der Waals surface area contributed by atoms with Crippen LogP contribution < -0.4 is 10.1 Å². The minimum atomic E-state index is -0.347. The Morgan fingerprint density at radius 1 is 1.36 bits per heavy atom. The zero-order valence-electron chi connectivity index (χ0n) is 17.1. The van der Waals surface area contributed by atoms with Crippen LogP contribution in [0.1, 0.15) is 31.2 Å². The normalized spacial score (nSPS) is 11.1. The molecule has 0 atom stereocenters. The summed E-state index contributed by atoms with van der Waals surface area (Å²) >= 11 is 0. The van der Waals surface area contributed by atoms with Crippen molar-refractivity contribution in [2.75, 3.05) is 27.2 Å². The number of guanidine groups is 1. The van der Waals surface area contributed by atoms with Gasteiger partial charge in [0.25, 0.3) is 0 Å². The molecule has 0 bridgehead atoms. The number of unbranched alkanes of at least 4 members (excludes halogenated alkanes) is 1. The lowest BCUT2D eigenvalue weighted by Gasteiger charge is -2.22. The average molecular weight is 503 g/mol. The summed E-state index contributed by atoms with van der Waals surface area (Å²) in [5.41, 5.74) is 0.872. The summed E-state index contributed by atoms with van der Waals surface area (Å²) in [4.78, 5) is 10.9. The lowest BCUT2D eigenvalue weighted by Crippen LogP contribution is -2.38. The van der Waals surface area contributed by atoms with Gasteiger partial charge in [0, 0.05) is 45.6 Å². The molecular weight excluding hydrogens is 472 g/mol. The summed E-state index contributed by atoms with van der Waals surface area (Å²) < 4.78 is 21.0. The third kappa shape index (κ3) is 7.29. The highest BCUT2D eigenvalue weighted by atomic mass is 127. The molecule has 0 fully saturated rings. The van der Waals surface area contributed by atoms with E-state index in [0.29, 0.717) is 6.54 Å². The van der Waals surface area contributed by atoms with E-state index in [4.69, 9.17) is 9.73 Å². The minimum Gasteiger partial charge on any atom is -0.494 e. The molecule has 0 aliphatic heterocycles. The van der Waals surface area contributed by atoms with Crippen LogP contribution in [0.4, 0.5) is 4.39 Å². The fourth-order valence-electron chi connectivity index (χ4n) is 2.85. The molecule has 2 rings (SSSR count).